The second-order valence-electron chi connectivity index (χ2n) is 8.25. The molecule has 0 N–H and O–H groups in total. The molecular formula is C26H23F2N3O3S. The average molecular weight is 496 g/mol. The fourth-order valence-corrected chi connectivity index (χ4v) is 5.22. The lowest BCUT2D eigenvalue weighted by Crippen LogP contribution is -2.35. The molecule has 1 amide bonds. The lowest BCUT2D eigenvalue weighted by molar-refractivity contribution is -0.123. The maximum absolute atomic E-state index is 13.6. The normalized spacial score (nSPS) is 14.9. The van der Waals surface area contributed by atoms with Gasteiger partial charge in [-0.25, -0.2) is 0 Å². The van der Waals surface area contributed by atoms with Crippen LogP contribution in [0, 0.1) is 25.2 Å². The Labute approximate surface area is 204 Å². The van der Waals surface area contributed by atoms with Crippen molar-refractivity contribution >= 4 is 28.9 Å². The van der Waals surface area contributed by atoms with Crippen LogP contribution in [-0.2, 0) is 4.79 Å². The van der Waals surface area contributed by atoms with E-state index in [1.165, 1.54) is 16.7 Å². The van der Waals surface area contributed by atoms with E-state index in [-0.39, 0.29) is 26.1 Å². The summed E-state index contributed by atoms with van der Waals surface area (Å²) in [6, 6.07) is 13.7. The Hall–Kier alpha value is -3.77. The van der Waals surface area contributed by atoms with Gasteiger partial charge in [-0.3, -0.25) is 14.2 Å². The second-order valence-corrected chi connectivity index (χ2v) is 9.28. The number of amides is 1. The van der Waals surface area contributed by atoms with Crippen LogP contribution in [0.5, 0.6) is 5.75 Å². The number of nitrogens with zero attached hydrogens (tertiary/aromatic N) is 3. The van der Waals surface area contributed by atoms with E-state index in [1.54, 1.807) is 29.2 Å². The first-order valence-electron chi connectivity index (χ1n) is 11.1. The molecule has 0 radical (unpaired) electrons. The molecule has 35 heavy (non-hydrogen) atoms. The van der Waals surface area contributed by atoms with Crippen LogP contribution in [0.2, 0.25) is 0 Å². The van der Waals surface area contributed by atoms with Crippen molar-refractivity contribution < 1.29 is 18.3 Å². The van der Waals surface area contributed by atoms with Gasteiger partial charge < -0.3 is 9.64 Å². The Balaban J connectivity index is 2.03. The predicted octanol–water partition coefficient (Wildman–Crippen LogP) is 3.24. The van der Waals surface area contributed by atoms with Crippen molar-refractivity contribution in [2.45, 2.75) is 33.3 Å². The highest BCUT2D eigenvalue weighted by Crippen LogP contribution is 2.21. The van der Waals surface area contributed by atoms with Crippen molar-refractivity contribution in [2.24, 2.45) is 0 Å². The van der Waals surface area contributed by atoms with Crippen LogP contribution in [0.25, 0.3) is 17.3 Å². The first-order valence-corrected chi connectivity index (χ1v) is 11.9. The summed E-state index contributed by atoms with van der Waals surface area (Å²) in [5.74, 6) is -0.495. The first-order chi connectivity index (χ1) is 16.8. The molecule has 0 aliphatic carbocycles. The molecule has 180 valence electrons. The van der Waals surface area contributed by atoms with E-state index in [4.69, 9.17) is 0 Å². The lowest BCUT2D eigenvalue weighted by Gasteiger charge is -2.14. The number of halogens is 2. The zero-order chi connectivity index (χ0) is 25.1. The van der Waals surface area contributed by atoms with Crippen LogP contribution in [0.3, 0.4) is 0 Å². The number of para-hydroxylation sites is 1. The average Bonchev–Trinajstić information content (AvgIpc) is 3.45. The molecule has 9 heteroatoms. The van der Waals surface area contributed by atoms with Crippen LogP contribution in [0.4, 0.5) is 8.78 Å². The zero-order valence-electron chi connectivity index (χ0n) is 19.3. The molecule has 1 aliphatic rings. The zero-order valence-corrected chi connectivity index (χ0v) is 20.1. The van der Waals surface area contributed by atoms with Crippen molar-refractivity contribution in [1.29, 1.82) is 5.26 Å². The largest absolute Gasteiger partial charge is 0.434 e. The highest BCUT2D eigenvalue weighted by Gasteiger charge is 2.25. The van der Waals surface area contributed by atoms with E-state index in [1.807, 2.05) is 32.0 Å². The summed E-state index contributed by atoms with van der Waals surface area (Å²) in [4.78, 5) is 28.4. The summed E-state index contributed by atoms with van der Waals surface area (Å²) in [6.07, 6.45) is 3.17. The topological polar surface area (TPSA) is 75.3 Å². The number of nitriles is 1. The SMILES string of the molecule is Cc1ccc(-n2c(=C(C#N)C(=O)N3CCCC3)sc(=Cc3ccccc3OC(F)F)c2=O)c(C)c1. The van der Waals surface area contributed by atoms with Gasteiger partial charge in [0.2, 0.25) is 0 Å². The van der Waals surface area contributed by atoms with Gasteiger partial charge in [-0.1, -0.05) is 35.9 Å². The van der Waals surface area contributed by atoms with Crippen molar-refractivity contribution in [2.75, 3.05) is 13.1 Å². The fraction of sp³-hybridized carbons (Fsp3) is 0.269. The Morgan fingerprint density at radius 2 is 1.89 bits per heavy atom. The van der Waals surface area contributed by atoms with E-state index < -0.39 is 18.1 Å². The van der Waals surface area contributed by atoms with Crippen molar-refractivity contribution in [3.8, 4) is 17.5 Å². The third-order valence-corrected chi connectivity index (χ3v) is 6.86. The van der Waals surface area contributed by atoms with Crippen molar-refractivity contribution in [3.05, 3.63) is 78.7 Å². The monoisotopic (exact) mass is 495 g/mol. The number of carbonyl (C=O) groups is 1. The molecule has 4 rings (SSSR count). The smallest absolute Gasteiger partial charge is 0.387 e. The van der Waals surface area contributed by atoms with Crippen molar-refractivity contribution in [1.82, 2.24) is 9.47 Å². The number of aryl methyl sites for hydroxylation is 2. The third kappa shape index (κ3) is 5.03. The second kappa shape index (κ2) is 10.2. The van der Waals surface area contributed by atoms with Crippen LogP contribution in [0.15, 0.2) is 47.3 Å². The molecule has 0 bridgehead atoms. The number of rotatable bonds is 5. The summed E-state index contributed by atoms with van der Waals surface area (Å²) in [5.41, 5.74) is 2.06. The van der Waals surface area contributed by atoms with E-state index >= 15 is 0 Å². The maximum atomic E-state index is 13.6. The summed E-state index contributed by atoms with van der Waals surface area (Å²) in [5, 5.41) is 9.97. The fourth-order valence-electron chi connectivity index (χ4n) is 4.13. The molecule has 0 spiro atoms. The van der Waals surface area contributed by atoms with Crippen molar-refractivity contribution in [3.63, 3.8) is 0 Å². The molecule has 0 saturated carbocycles. The summed E-state index contributed by atoms with van der Waals surface area (Å²) >= 11 is 0.981. The minimum absolute atomic E-state index is 0.0763. The molecule has 0 unspecified atom stereocenters. The number of ether oxygens (including phenoxy) is 1. The lowest BCUT2D eigenvalue weighted by atomic mass is 10.1. The van der Waals surface area contributed by atoms with Gasteiger partial charge in [0.05, 0.1) is 10.2 Å². The predicted molar refractivity (Wildman–Crippen MR) is 130 cm³/mol. The Morgan fingerprint density at radius 3 is 2.54 bits per heavy atom. The summed E-state index contributed by atoms with van der Waals surface area (Å²) < 4.78 is 32.1. The van der Waals surface area contributed by atoms with Gasteiger partial charge in [0.1, 0.15) is 16.5 Å². The van der Waals surface area contributed by atoms with E-state index in [9.17, 15) is 23.6 Å². The number of hydrogen-bond donors (Lipinski definition) is 0. The van der Waals surface area contributed by atoms with Crippen LogP contribution in [0.1, 0.15) is 29.5 Å². The molecule has 1 aromatic heterocycles. The quantitative estimate of drug-likeness (QED) is 0.545. The van der Waals surface area contributed by atoms with E-state index in [0.717, 1.165) is 35.3 Å². The Bertz CT molecular complexity index is 1500. The molecule has 1 aliphatic heterocycles. The number of benzene rings is 2. The summed E-state index contributed by atoms with van der Waals surface area (Å²) in [7, 11) is 0. The van der Waals surface area contributed by atoms with Gasteiger partial charge in [-0.2, -0.15) is 14.0 Å². The van der Waals surface area contributed by atoms with Crippen LogP contribution < -0.4 is 19.5 Å². The van der Waals surface area contributed by atoms with Gasteiger partial charge in [-0.05, 0) is 50.5 Å². The van der Waals surface area contributed by atoms with Gasteiger partial charge >= 0.3 is 6.61 Å². The molecule has 1 saturated heterocycles. The van der Waals surface area contributed by atoms with Gasteiger partial charge in [0.15, 0.2) is 5.57 Å². The number of likely N-dealkylation sites (tertiary alicyclic amines) is 1. The number of carbonyl (C=O) groups excluding carboxylic acids is 1. The first kappa shape index (κ1) is 24.4. The van der Waals surface area contributed by atoms with E-state index in [2.05, 4.69) is 4.74 Å². The Kier molecular flexibility index (Phi) is 7.12. The summed E-state index contributed by atoms with van der Waals surface area (Å²) in [6.45, 7) is 1.87. The van der Waals surface area contributed by atoms with Gasteiger partial charge in [0.25, 0.3) is 11.5 Å². The Morgan fingerprint density at radius 1 is 1.17 bits per heavy atom. The van der Waals surface area contributed by atoms with Gasteiger partial charge in [-0.15, -0.1) is 11.3 Å². The third-order valence-electron chi connectivity index (χ3n) is 5.77. The van der Waals surface area contributed by atoms with Gasteiger partial charge in [0, 0.05) is 18.7 Å². The minimum atomic E-state index is -3.02. The molecular weight excluding hydrogens is 472 g/mol. The van der Waals surface area contributed by atoms with Crippen LogP contribution in [-0.4, -0.2) is 35.1 Å². The standard InChI is InChI=1S/C26H23F2N3O3S/c1-16-9-10-20(17(2)13-16)31-24(33)22(14-18-7-3-4-8-21(18)34-26(27)28)35-25(31)19(15-29)23(32)30-11-5-6-12-30/h3-4,7-10,13-14,26H,5-6,11-12H2,1-2H3. The molecule has 1 fully saturated rings. The molecule has 0 atom stereocenters. The number of aromatic nitrogens is 1. The minimum Gasteiger partial charge on any atom is -0.434 e. The number of hydrogen-bond acceptors (Lipinski definition) is 5. The number of alkyl halides is 2. The van der Waals surface area contributed by atoms with E-state index in [0.29, 0.717) is 18.8 Å². The maximum Gasteiger partial charge on any atom is 0.387 e. The molecule has 6 nitrogen and oxygen atoms in total. The number of thiazole rings is 1. The highest BCUT2D eigenvalue weighted by atomic mass is 32.1. The molecule has 3 aromatic rings. The highest BCUT2D eigenvalue weighted by molar-refractivity contribution is 7.07. The molecule has 2 heterocycles. The van der Waals surface area contributed by atoms with Crippen LogP contribution >= 0.6 is 11.3 Å². The molecule has 2 aromatic carbocycles.